The largest absolute Gasteiger partial charge is 0.423 e. The molecule has 36 heavy (non-hydrogen) atoms. The van der Waals surface area contributed by atoms with E-state index in [0.717, 1.165) is 0 Å². The molecule has 0 radical (unpaired) electrons. The van der Waals surface area contributed by atoms with Gasteiger partial charge in [0, 0.05) is 12.2 Å². The van der Waals surface area contributed by atoms with Crippen molar-refractivity contribution in [3.63, 3.8) is 0 Å². The van der Waals surface area contributed by atoms with E-state index in [9.17, 15) is 27.5 Å². The SMILES string of the molecule is CCOCc1ccc(C2CCC(C(=O)Oc3ccc(C4CCC(O)CC4)c(F)c3F)CC2)c(F)c1F. The third-order valence-corrected chi connectivity index (χ3v) is 7.58. The van der Waals surface area contributed by atoms with E-state index in [2.05, 4.69) is 0 Å². The molecule has 2 aliphatic rings. The van der Waals surface area contributed by atoms with Crippen LogP contribution in [0.5, 0.6) is 5.75 Å². The number of carbonyl (C=O) groups excluding carboxylic acids is 1. The third kappa shape index (κ3) is 5.75. The van der Waals surface area contributed by atoms with Gasteiger partial charge >= 0.3 is 5.97 Å². The van der Waals surface area contributed by atoms with Gasteiger partial charge in [0.25, 0.3) is 0 Å². The average Bonchev–Trinajstić information content (AvgIpc) is 2.88. The molecule has 0 spiro atoms. The van der Waals surface area contributed by atoms with Crippen LogP contribution in [0.1, 0.15) is 86.8 Å². The predicted octanol–water partition coefficient (Wildman–Crippen LogP) is 6.68. The topological polar surface area (TPSA) is 55.8 Å². The lowest BCUT2D eigenvalue weighted by atomic mass is 9.78. The van der Waals surface area contributed by atoms with Gasteiger partial charge in [-0.05, 0) is 87.3 Å². The van der Waals surface area contributed by atoms with Gasteiger partial charge in [-0.1, -0.05) is 18.2 Å². The van der Waals surface area contributed by atoms with Gasteiger partial charge < -0.3 is 14.6 Å². The Labute approximate surface area is 208 Å². The molecule has 0 atom stereocenters. The molecule has 8 heteroatoms. The second-order valence-electron chi connectivity index (χ2n) is 9.83. The number of aliphatic hydroxyl groups excluding tert-OH is 1. The predicted molar refractivity (Wildman–Crippen MR) is 126 cm³/mol. The number of hydrogen-bond donors (Lipinski definition) is 1. The van der Waals surface area contributed by atoms with Crippen LogP contribution in [-0.4, -0.2) is 23.8 Å². The molecule has 0 aromatic heterocycles. The molecule has 2 saturated carbocycles. The van der Waals surface area contributed by atoms with Crippen molar-refractivity contribution in [2.45, 2.75) is 82.8 Å². The number of rotatable bonds is 7. The zero-order chi connectivity index (χ0) is 25.8. The quantitative estimate of drug-likeness (QED) is 0.258. The Balaban J connectivity index is 1.36. The van der Waals surface area contributed by atoms with Crippen molar-refractivity contribution in [2.24, 2.45) is 5.92 Å². The molecule has 4 rings (SSSR count). The molecule has 0 amide bonds. The fraction of sp³-hybridized carbons (Fsp3) is 0.536. The van der Waals surface area contributed by atoms with Gasteiger partial charge in [0.05, 0.1) is 18.6 Å². The lowest BCUT2D eigenvalue weighted by Crippen LogP contribution is -2.26. The molecule has 0 aliphatic heterocycles. The minimum absolute atomic E-state index is 0.0000293. The summed E-state index contributed by atoms with van der Waals surface area (Å²) in [4.78, 5) is 12.7. The van der Waals surface area contributed by atoms with Gasteiger partial charge in [-0.3, -0.25) is 4.79 Å². The zero-order valence-electron chi connectivity index (χ0n) is 20.4. The number of benzene rings is 2. The molecule has 2 fully saturated rings. The Morgan fingerprint density at radius 2 is 1.36 bits per heavy atom. The molecule has 196 valence electrons. The summed E-state index contributed by atoms with van der Waals surface area (Å²) in [5.74, 6) is -6.06. The maximum absolute atomic E-state index is 14.7. The molecule has 2 aromatic carbocycles. The van der Waals surface area contributed by atoms with E-state index < -0.39 is 47.0 Å². The number of aliphatic hydroxyl groups is 1. The van der Waals surface area contributed by atoms with E-state index in [0.29, 0.717) is 58.0 Å². The zero-order valence-corrected chi connectivity index (χ0v) is 20.4. The summed E-state index contributed by atoms with van der Waals surface area (Å²) in [6.07, 6.45) is 3.46. The first-order valence-electron chi connectivity index (χ1n) is 12.7. The van der Waals surface area contributed by atoms with Crippen LogP contribution < -0.4 is 4.74 Å². The van der Waals surface area contributed by atoms with Crippen molar-refractivity contribution >= 4 is 5.97 Å². The number of ether oxygens (including phenoxy) is 2. The lowest BCUT2D eigenvalue weighted by Gasteiger charge is -2.28. The van der Waals surface area contributed by atoms with Crippen LogP contribution in [0.15, 0.2) is 24.3 Å². The maximum Gasteiger partial charge on any atom is 0.314 e. The molecule has 4 nitrogen and oxygen atoms in total. The number of halogens is 4. The van der Waals surface area contributed by atoms with Crippen molar-refractivity contribution in [2.75, 3.05) is 6.61 Å². The molecule has 0 heterocycles. The van der Waals surface area contributed by atoms with Crippen LogP contribution in [0.25, 0.3) is 0 Å². The highest BCUT2D eigenvalue weighted by atomic mass is 19.2. The smallest absolute Gasteiger partial charge is 0.314 e. The molecule has 1 N–H and O–H groups in total. The van der Waals surface area contributed by atoms with Crippen molar-refractivity contribution in [1.29, 1.82) is 0 Å². The van der Waals surface area contributed by atoms with Crippen LogP contribution in [-0.2, 0) is 16.1 Å². The Morgan fingerprint density at radius 3 is 1.97 bits per heavy atom. The standard InChI is InChI=1S/C28H32F4O4/c1-2-35-15-19-9-12-21(25(30)24(19)29)16-3-5-18(6-4-16)28(34)36-23-14-13-22(26(31)27(23)32)17-7-10-20(33)11-8-17/h9,12-14,16-18,20,33H,2-8,10-11,15H2,1H3. The first-order valence-corrected chi connectivity index (χ1v) is 12.7. The highest BCUT2D eigenvalue weighted by Gasteiger charge is 2.32. The minimum atomic E-state index is -1.19. The van der Waals surface area contributed by atoms with Crippen LogP contribution in [0.4, 0.5) is 17.6 Å². The van der Waals surface area contributed by atoms with Crippen molar-refractivity contribution in [3.8, 4) is 5.75 Å². The molecule has 2 aromatic rings. The first-order chi connectivity index (χ1) is 17.3. The van der Waals surface area contributed by atoms with Gasteiger partial charge in [-0.15, -0.1) is 0 Å². The summed E-state index contributed by atoms with van der Waals surface area (Å²) >= 11 is 0. The maximum atomic E-state index is 14.7. The van der Waals surface area contributed by atoms with Gasteiger partial charge in [0.15, 0.2) is 23.2 Å². The second-order valence-corrected chi connectivity index (χ2v) is 9.83. The van der Waals surface area contributed by atoms with Gasteiger partial charge in [0.1, 0.15) is 0 Å². The van der Waals surface area contributed by atoms with Crippen molar-refractivity contribution in [3.05, 3.63) is 64.2 Å². The van der Waals surface area contributed by atoms with Crippen molar-refractivity contribution < 1.29 is 36.9 Å². The number of esters is 1. The van der Waals surface area contributed by atoms with E-state index in [-0.39, 0.29) is 35.1 Å². The number of hydrogen-bond acceptors (Lipinski definition) is 4. The Bertz CT molecular complexity index is 1070. The summed E-state index contributed by atoms with van der Waals surface area (Å²) in [5, 5.41) is 9.65. The summed E-state index contributed by atoms with van der Waals surface area (Å²) in [6, 6.07) is 5.83. The van der Waals surface area contributed by atoms with E-state index in [1.54, 1.807) is 13.0 Å². The first kappa shape index (κ1) is 26.6. The molecule has 0 bridgehead atoms. The van der Waals surface area contributed by atoms with Gasteiger partial charge in [0.2, 0.25) is 5.82 Å². The molecular weight excluding hydrogens is 476 g/mol. The van der Waals surface area contributed by atoms with Crippen LogP contribution in [0.3, 0.4) is 0 Å². The van der Waals surface area contributed by atoms with Crippen LogP contribution in [0.2, 0.25) is 0 Å². The van der Waals surface area contributed by atoms with Crippen molar-refractivity contribution in [1.82, 2.24) is 0 Å². The normalized spacial score (nSPS) is 24.5. The highest BCUT2D eigenvalue weighted by molar-refractivity contribution is 5.75. The summed E-state index contributed by atoms with van der Waals surface area (Å²) in [5.41, 5.74) is 0.677. The molecular formula is C28H32F4O4. The average molecular weight is 509 g/mol. The summed E-state index contributed by atoms with van der Waals surface area (Å²) in [6.45, 7) is 2.17. The Morgan fingerprint density at radius 1 is 0.806 bits per heavy atom. The lowest BCUT2D eigenvalue weighted by molar-refractivity contribution is -0.140. The van der Waals surface area contributed by atoms with Crippen LogP contribution in [0, 0.1) is 29.2 Å². The van der Waals surface area contributed by atoms with E-state index >= 15 is 0 Å². The van der Waals surface area contributed by atoms with E-state index in [1.807, 2.05) is 0 Å². The fourth-order valence-corrected chi connectivity index (χ4v) is 5.40. The monoisotopic (exact) mass is 508 g/mol. The number of carbonyl (C=O) groups is 1. The Hall–Kier alpha value is -2.45. The van der Waals surface area contributed by atoms with E-state index in [1.165, 1.54) is 18.2 Å². The van der Waals surface area contributed by atoms with Gasteiger partial charge in [-0.2, -0.15) is 4.39 Å². The molecule has 0 unspecified atom stereocenters. The molecule has 2 aliphatic carbocycles. The third-order valence-electron chi connectivity index (χ3n) is 7.58. The fourth-order valence-electron chi connectivity index (χ4n) is 5.40. The summed E-state index contributed by atoms with van der Waals surface area (Å²) < 4.78 is 68.9. The molecule has 0 saturated heterocycles. The Kier molecular flexibility index (Phi) is 8.67. The van der Waals surface area contributed by atoms with E-state index in [4.69, 9.17) is 9.47 Å². The van der Waals surface area contributed by atoms with Crippen LogP contribution >= 0.6 is 0 Å². The van der Waals surface area contributed by atoms with Gasteiger partial charge in [-0.25, -0.2) is 13.2 Å². The highest BCUT2D eigenvalue weighted by Crippen LogP contribution is 2.40. The summed E-state index contributed by atoms with van der Waals surface area (Å²) in [7, 11) is 0. The minimum Gasteiger partial charge on any atom is -0.423 e. The second kappa shape index (κ2) is 11.7.